The lowest BCUT2D eigenvalue weighted by atomic mass is 9.81. The van der Waals surface area contributed by atoms with Gasteiger partial charge in [-0.3, -0.25) is 4.79 Å². The fourth-order valence-electron chi connectivity index (χ4n) is 4.46. The minimum Gasteiger partial charge on any atom is -0.466 e. The Labute approximate surface area is 212 Å². The summed E-state index contributed by atoms with van der Waals surface area (Å²) in [6.45, 7) is 3.78. The molecule has 0 aliphatic carbocycles. The standard InChI is InChI=1S/C27H25N5O3S/c1-4-36-27-29-24-22(25(33)30-27)21(20(16(2)28-24)26(34)35-3)19-15-32(18-13-9-6-10-14-18)31-23(19)17-11-7-5-8-12-17/h5-15,21H,4H2,1-3H3,(H2,28,29,30,33)/t21-/m1/s1. The van der Waals surface area contributed by atoms with Crippen LogP contribution in [0.15, 0.2) is 88.1 Å². The average Bonchev–Trinajstić information content (AvgIpc) is 3.34. The zero-order valence-corrected chi connectivity index (χ0v) is 20.9. The summed E-state index contributed by atoms with van der Waals surface area (Å²) in [4.78, 5) is 34.1. The third-order valence-corrected chi connectivity index (χ3v) is 6.78. The van der Waals surface area contributed by atoms with Gasteiger partial charge in [-0.05, 0) is 24.8 Å². The van der Waals surface area contributed by atoms with Crippen LogP contribution in [-0.2, 0) is 9.53 Å². The third-order valence-electron chi connectivity index (χ3n) is 6.03. The summed E-state index contributed by atoms with van der Waals surface area (Å²) < 4.78 is 6.94. The van der Waals surface area contributed by atoms with Crippen LogP contribution >= 0.6 is 11.8 Å². The number of hydrogen-bond acceptors (Lipinski definition) is 7. The van der Waals surface area contributed by atoms with E-state index in [0.717, 1.165) is 17.0 Å². The van der Waals surface area contributed by atoms with Gasteiger partial charge >= 0.3 is 5.97 Å². The molecule has 36 heavy (non-hydrogen) atoms. The van der Waals surface area contributed by atoms with Crippen LogP contribution in [0.1, 0.15) is 30.9 Å². The van der Waals surface area contributed by atoms with Crippen LogP contribution in [-0.4, -0.2) is 38.6 Å². The first kappa shape index (κ1) is 23.6. The largest absolute Gasteiger partial charge is 0.466 e. The zero-order valence-electron chi connectivity index (χ0n) is 20.1. The lowest BCUT2D eigenvalue weighted by Gasteiger charge is -2.28. The molecule has 4 aromatic rings. The fraction of sp³-hybridized carbons (Fsp3) is 0.185. The van der Waals surface area contributed by atoms with Crippen LogP contribution < -0.4 is 10.9 Å². The first-order valence-electron chi connectivity index (χ1n) is 11.5. The minimum absolute atomic E-state index is 0.311. The summed E-state index contributed by atoms with van der Waals surface area (Å²) in [5.74, 6) is -0.0711. The van der Waals surface area contributed by atoms with E-state index in [9.17, 15) is 9.59 Å². The molecule has 0 fully saturated rings. The first-order valence-corrected chi connectivity index (χ1v) is 12.5. The van der Waals surface area contributed by atoms with Crippen molar-refractivity contribution in [3.63, 3.8) is 0 Å². The molecule has 0 bridgehead atoms. The molecule has 1 aliphatic heterocycles. The highest BCUT2D eigenvalue weighted by atomic mass is 32.2. The number of nitrogens with zero attached hydrogens (tertiary/aromatic N) is 3. The van der Waals surface area contributed by atoms with Crippen molar-refractivity contribution >= 4 is 23.5 Å². The molecular formula is C27H25N5O3S. The number of fused-ring (bicyclic) bond motifs is 1. The van der Waals surface area contributed by atoms with Crippen LogP contribution in [0.4, 0.5) is 5.82 Å². The molecule has 2 aromatic carbocycles. The molecule has 8 nitrogen and oxygen atoms in total. The van der Waals surface area contributed by atoms with Crippen molar-refractivity contribution in [2.24, 2.45) is 0 Å². The van der Waals surface area contributed by atoms with Gasteiger partial charge < -0.3 is 15.0 Å². The summed E-state index contributed by atoms with van der Waals surface area (Å²) in [5, 5.41) is 8.59. The Balaban J connectivity index is 1.81. The predicted octanol–water partition coefficient (Wildman–Crippen LogP) is 4.74. The summed E-state index contributed by atoms with van der Waals surface area (Å²) in [5.41, 5.74) is 4.06. The second kappa shape index (κ2) is 9.87. The topological polar surface area (TPSA) is 102 Å². The van der Waals surface area contributed by atoms with Gasteiger partial charge in [0, 0.05) is 23.0 Å². The molecule has 0 spiro atoms. The van der Waals surface area contributed by atoms with Crippen molar-refractivity contribution in [3.8, 4) is 16.9 Å². The molecule has 0 saturated carbocycles. The van der Waals surface area contributed by atoms with Crippen molar-refractivity contribution in [3.05, 3.63) is 99.6 Å². The molecular weight excluding hydrogens is 474 g/mol. The molecule has 1 aliphatic rings. The number of hydrogen-bond donors (Lipinski definition) is 2. The van der Waals surface area contributed by atoms with Gasteiger partial charge in [0.15, 0.2) is 5.16 Å². The number of rotatable bonds is 6. The average molecular weight is 500 g/mol. The number of esters is 1. The van der Waals surface area contributed by atoms with Gasteiger partial charge in [0.05, 0.1) is 35.5 Å². The number of H-pyrrole nitrogens is 1. The predicted molar refractivity (Wildman–Crippen MR) is 140 cm³/mol. The number of thioether (sulfide) groups is 1. The maximum Gasteiger partial charge on any atom is 0.336 e. The highest BCUT2D eigenvalue weighted by Crippen LogP contribution is 2.43. The monoisotopic (exact) mass is 499 g/mol. The number of allylic oxidation sites excluding steroid dienone is 1. The highest BCUT2D eigenvalue weighted by molar-refractivity contribution is 7.99. The van der Waals surface area contributed by atoms with Crippen molar-refractivity contribution in [2.45, 2.75) is 24.9 Å². The number of ether oxygens (including phenoxy) is 1. The second-order valence-corrected chi connectivity index (χ2v) is 9.49. The molecule has 0 amide bonds. The molecule has 0 saturated heterocycles. The maximum atomic E-state index is 13.5. The van der Waals surface area contributed by atoms with Gasteiger partial charge in [0.1, 0.15) is 5.82 Å². The Hall–Kier alpha value is -4.11. The third kappa shape index (κ3) is 4.22. The Morgan fingerprint density at radius 3 is 2.47 bits per heavy atom. The smallest absolute Gasteiger partial charge is 0.336 e. The SMILES string of the molecule is CCSc1nc2c(c(=O)[nH]1)[C@H](c1cn(-c3ccccc3)nc1-c1ccccc1)C(C(=O)OC)=C(C)N2. The van der Waals surface area contributed by atoms with E-state index in [1.807, 2.05) is 73.8 Å². The van der Waals surface area contributed by atoms with Gasteiger partial charge in [-0.15, -0.1) is 0 Å². The minimum atomic E-state index is -0.738. The number of carbonyl (C=O) groups excluding carboxylic acids is 1. The Morgan fingerprint density at radius 2 is 1.81 bits per heavy atom. The number of carbonyl (C=O) groups is 1. The van der Waals surface area contributed by atoms with Crippen LogP contribution in [0.3, 0.4) is 0 Å². The molecule has 0 radical (unpaired) electrons. The molecule has 0 unspecified atom stereocenters. The normalized spacial score (nSPS) is 14.8. The van der Waals surface area contributed by atoms with Gasteiger partial charge in [-0.25, -0.2) is 14.5 Å². The number of para-hydroxylation sites is 1. The van der Waals surface area contributed by atoms with E-state index < -0.39 is 11.9 Å². The van der Waals surface area contributed by atoms with Crippen LogP contribution in [0.25, 0.3) is 16.9 Å². The van der Waals surface area contributed by atoms with Crippen LogP contribution in [0, 0.1) is 0 Å². The molecule has 1 atom stereocenters. The number of aromatic nitrogens is 4. The van der Waals surface area contributed by atoms with E-state index in [1.165, 1.54) is 18.9 Å². The van der Waals surface area contributed by atoms with Crippen molar-refractivity contribution in [1.82, 2.24) is 19.7 Å². The molecule has 2 N–H and O–H groups in total. The number of benzene rings is 2. The fourth-order valence-corrected chi connectivity index (χ4v) is 5.05. The lowest BCUT2D eigenvalue weighted by Crippen LogP contribution is -2.31. The second-order valence-electron chi connectivity index (χ2n) is 8.23. The number of anilines is 1. The van der Waals surface area contributed by atoms with Crippen molar-refractivity contribution < 1.29 is 9.53 Å². The van der Waals surface area contributed by atoms with E-state index in [2.05, 4.69) is 15.3 Å². The number of aromatic amines is 1. The zero-order chi connectivity index (χ0) is 25.2. The van der Waals surface area contributed by atoms with E-state index in [4.69, 9.17) is 9.84 Å². The van der Waals surface area contributed by atoms with Crippen LogP contribution in [0.5, 0.6) is 0 Å². The number of nitrogens with one attached hydrogen (secondary N) is 2. The van der Waals surface area contributed by atoms with Crippen molar-refractivity contribution in [2.75, 3.05) is 18.2 Å². The molecule has 5 rings (SSSR count). The summed E-state index contributed by atoms with van der Waals surface area (Å²) in [7, 11) is 1.34. The molecule has 9 heteroatoms. The van der Waals surface area contributed by atoms with Gasteiger partial charge in [0.25, 0.3) is 5.56 Å². The Kier molecular flexibility index (Phi) is 6.47. The van der Waals surface area contributed by atoms with Crippen molar-refractivity contribution in [1.29, 1.82) is 0 Å². The molecule has 182 valence electrons. The van der Waals surface area contributed by atoms with Gasteiger partial charge in [-0.2, -0.15) is 5.10 Å². The van der Waals surface area contributed by atoms with Crippen LogP contribution in [0.2, 0.25) is 0 Å². The van der Waals surface area contributed by atoms with Gasteiger partial charge in [0.2, 0.25) is 0 Å². The Morgan fingerprint density at radius 1 is 1.11 bits per heavy atom. The Bertz CT molecular complexity index is 1510. The quantitative estimate of drug-likeness (QED) is 0.224. The molecule has 3 heterocycles. The van der Waals surface area contributed by atoms with E-state index in [1.54, 1.807) is 11.6 Å². The maximum absolute atomic E-state index is 13.5. The highest BCUT2D eigenvalue weighted by Gasteiger charge is 2.38. The van der Waals surface area contributed by atoms with Gasteiger partial charge in [-0.1, -0.05) is 67.2 Å². The lowest BCUT2D eigenvalue weighted by molar-refractivity contribution is -0.136. The summed E-state index contributed by atoms with van der Waals surface area (Å²) in [6, 6.07) is 19.4. The summed E-state index contributed by atoms with van der Waals surface area (Å²) in [6.07, 6.45) is 1.88. The molecule has 2 aromatic heterocycles. The van der Waals surface area contributed by atoms with E-state index >= 15 is 0 Å². The van der Waals surface area contributed by atoms with E-state index in [-0.39, 0.29) is 5.56 Å². The first-order chi connectivity index (χ1) is 17.5. The number of methoxy groups -OCH3 is 1. The van der Waals surface area contributed by atoms with E-state index in [0.29, 0.717) is 39.1 Å². The summed E-state index contributed by atoms with van der Waals surface area (Å²) >= 11 is 1.44.